The molecule has 0 unspecified atom stereocenters. The highest BCUT2D eigenvalue weighted by atomic mass is 35.5. The number of carbonyl (C=O) groups is 1. The molecule has 0 saturated carbocycles. The first kappa shape index (κ1) is 20.2. The minimum atomic E-state index is -3.44. The van der Waals surface area contributed by atoms with E-state index in [2.05, 4.69) is 10.6 Å². The largest absolute Gasteiger partial charge is 0.375 e. The summed E-state index contributed by atoms with van der Waals surface area (Å²) in [6, 6.07) is 5.51. The third-order valence-electron chi connectivity index (χ3n) is 3.44. The van der Waals surface area contributed by atoms with Crippen molar-refractivity contribution in [3.8, 4) is 0 Å². The number of ether oxygens (including phenoxy) is 1. The smallest absolute Gasteiger partial charge is 0.239 e. The summed E-state index contributed by atoms with van der Waals surface area (Å²) in [4.78, 5) is 12.2. The van der Waals surface area contributed by atoms with E-state index in [1.54, 1.807) is 6.92 Å². The van der Waals surface area contributed by atoms with Crippen molar-refractivity contribution in [3.05, 3.63) is 29.3 Å². The van der Waals surface area contributed by atoms with Crippen molar-refractivity contribution in [2.24, 2.45) is 0 Å². The Kier molecular flexibility index (Phi) is 7.76. The van der Waals surface area contributed by atoms with Gasteiger partial charge in [0.2, 0.25) is 5.91 Å². The first-order chi connectivity index (χ1) is 10.4. The molecule has 0 aromatic heterocycles. The van der Waals surface area contributed by atoms with E-state index in [1.165, 1.54) is 24.3 Å². The average Bonchev–Trinajstić information content (AvgIpc) is 2.48. The molecule has 1 fully saturated rings. The van der Waals surface area contributed by atoms with Crippen molar-refractivity contribution in [3.63, 3.8) is 0 Å². The Balaban J connectivity index is 0.00000264. The van der Waals surface area contributed by atoms with Gasteiger partial charge < -0.3 is 15.4 Å². The molecule has 1 aromatic carbocycles. The molecule has 0 aliphatic carbocycles. The van der Waals surface area contributed by atoms with Gasteiger partial charge in [-0.25, -0.2) is 8.42 Å². The van der Waals surface area contributed by atoms with Gasteiger partial charge in [-0.2, -0.15) is 0 Å². The Hall–Kier alpha value is -0.860. The highest BCUT2D eigenvalue weighted by Crippen LogP contribution is 2.15. The lowest BCUT2D eigenvalue weighted by Crippen LogP contribution is -2.55. The van der Waals surface area contributed by atoms with Crippen LogP contribution in [0, 0.1) is 0 Å². The number of benzene rings is 1. The Morgan fingerprint density at radius 1 is 1.39 bits per heavy atom. The van der Waals surface area contributed by atoms with Crippen molar-refractivity contribution in [1.29, 1.82) is 0 Å². The summed E-state index contributed by atoms with van der Waals surface area (Å²) < 4.78 is 29.6. The molecule has 1 saturated heterocycles. The van der Waals surface area contributed by atoms with Crippen LogP contribution in [0.1, 0.15) is 6.92 Å². The predicted octanol–water partition coefficient (Wildman–Crippen LogP) is 1.03. The number of hydrogen-bond acceptors (Lipinski definition) is 5. The number of amides is 1. The maximum atomic E-state index is 12.1. The maximum Gasteiger partial charge on any atom is 0.239 e. The zero-order chi connectivity index (χ0) is 16.2. The number of sulfone groups is 1. The van der Waals surface area contributed by atoms with Crippen molar-refractivity contribution in [2.75, 3.05) is 25.4 Å². The first-order valence-electron chi connectivity index (χ1n) is 7.01. The summed E-state index contributed by atoms with van der Waals surface area (Å²) in [6.07, 6.45) is -0.235. The molecule has 6 nitrogen and oxygen atoms in total. The molecular weight excluding hydrogens is 363 g/mol. The SMILES string of the molecule is C[C@H]1OCCN[C@@H]1C(=O)NCCS(=O)(=O)c1ccc(Cl)cc1.Cl. The van der Waals surface area contributed by atoms with Crippen molar-refractivity contribution in [1.82, 2.24) is 10.6 Å². The van der Waals surface area contributed by atoms with Gasteiger partial charge in [0, 0.05) is 18.1 Å². The van der Waals surface area contributed by atoms with Crippen molar-refractivity contribution < 1.29 is 17.9 Å². The fourth-order valence-corrected chi connectivity index (χ4v) is 3.49. The van der Waals surface area contributed by atoms with Gasteiger partial charge in [0.25, 0.3) is 0 Å². The lowest BCUT2D eigenvalue weighted by Gasteiger charge is -2.29. The second kappa shape index (κ2) is 8.84. The number of nitrogens with one attached hydrogen (secondary N) is 2. The predicted molar refractivity (Wildman–Crippen MR) is 91.0 cm³/mol. The van der Waals surface area contributed by atoms with Gasteiger partial charge in [-0.3, -0.25) is 4.79 Å². The molecule has 1 heterocycles. The number of hydrogen-bond donors (Lipinski definition) is 2. The van der Waals surface area contributed by atoms with Crippen LogP contribution in [0.25, 0.3) is 0 Å². The Labute approximate surface area is 147 Å². The summed E-state index contributed by atoms with van der Waals surface area (Å²) in [5, 5.41) is 6.16. The van der Waals surface area contributed by atoms with Gasteiger partial charge in [-0.05, 0) is 31.2 Å². The Morgan fingerprint density at radius 2 is 2.04 bits per heavy atom. The molecule has 0 radical (unpaired) electrons. The first-order valence-corrected chi connectivity index (χ1v) is 9.04. The molecule has 9 heteroatoms. The van der Waals surface area contributed by atoms with Gasteiger partial charge in [-0.15, -0.1) is 12.4 Å². The zero-order valence-corrected chi connectivity index (χ0v) is 15.0. The molecule has 0 bridgehead atoms. The van der Waals surface area contributed by atoms with E-state index in [9.17, 15) is 13.2 Å². The van der Waals surface area contributed by atoms with E-state index in [0.717, 1.165) is 0 Å². The minimum Gasteiger partial charge on any atom is -0.375 e. The molecular formula is C14H20Cl2N2O4S. The van der Waals surface area contributed by atoms with Crippen molar-refractivity contribution >= 4 is 39.8 Å². The maximum absolute atomic E-state index is 12.1. The quantitative estimate of drug-likeness (QED) is 0.794. The van der Waals surface area contributed by atoms with Crippen LogP contribution in [0.15, 0.2) is 29.2 Å². The van der Waals surface area contributed by atoms with E-state index in [1.807, 2.05) is 0 Å². The number of halogens is 2. The van der Waals surface area contributed by atoms with Crippen LogP contribution < -0.4 is 10.6 Å². The molecule has 2 rings (SSSR count). The van der Waals surface area contributed by atoms with Crippen molar-refractivity contribution in [2.45, 2.75) is 24.0 Å². The molecule has 0 spiro atoms. The highest BCUT2D eigenvalue weighted by Gasteiger charge is 2.28. The lowest BCUT2D eigenvalue weighted by atomic mass is 10.1. The topological polar surface area (TPSA) is 84.5 Å². The third-order valence-corrected chi connectivity index (χ3v) is 5.43. The van der Waals surface area contributed by atoms with E-state index in [4.69, 9.17) is 16.3 Å². The van der Waals surface area contributed by atoms with Gasteiger partial charge in [0.1, 0.15) is 6.04 Å². The van der Waals surface area contributed by atoms with Gasteiger partial charge >= 0.3 is 0 Å². The van der Waals surface area contributed by atoms with Crippen LogP contribution in [-0.2, 0) is 19.4 Å². The van der Waals surface area contributed by atoms with Crippen LogP contribution in [0.3, 0.4) is 0 Å². The second-order valence-corrected chi connectivity index (χ2v) is 7.62. The monoisotopic (exact) mass is 382 g/mol. The summed E-state index contributed by atoms with van der Waals surface area (Å²) >= 11 is 5.74. The molecule has 2 N–H and O–H groups in total. The molecule has 130 valence electrons. The molecule has 1 aliphatic heterocycles. The molecule has 2 atom stereocenters. The Bertz CT molecular complexity index is 622. The highest BCUT2D eigenvalue weighted by molar-refractivity contribution is 7.91. The van der Waals surface area contributed by atoms with E-state index in [-0.39, 0.29) is 41.6 Å². The normalized spacial score (nSPS) is 21.3. The molecule has 1 amide bonds. The van der Waals surface area contributed by atoms with Gasteiger partial charge in [0.15, 0.2) is 9.84 Å². The fraction of sp³-hybridized carbons (Fsp3) is 0.500. The summed E-state index contributed by atoms with van der Waals surface area (Å²) in [6.45, 7) is 3.02. The number of rotatable bonds is 5. The minimum absolute atomic E-state index is 0. The van der Waals surface area contributed by atoms with Crippen LogP contribution >= 0.6 is 24.0 Å². The molecule has 23 heavy (non-hydrogen) atoms. The number of morpholine rings is 1. The standard InChI is InChI=1S/C14H19ClN2O4S.ClH/c1-10-13(16-6-8-21-10)14(18)17-7-9-22(19,20)12-4-2-11(15)3-5-12;/h2-5,10,13,16H,6-9H2,1H3,(H,17,18);1H/t10-,13+;/m1./s1. The van der Waals surface area contributed by atoms with E-state index >= 15 is 0 Å². The molecule has 1 aliphatic rings. The summed E-state index contributed by atoms with van der Waals surface area (Å²) in [5.74, 6) is -0.416. The fourth-order valence-electron chi connectivity index (χ4n) is 2.21. The lowest BCUT2D eigenvalue weighted by molar-refractivity contribution is -0.128. The summed E-state index contributed by atoms with van der Waals surface area (Å²) in [5.41, 5.74) is 0. The van der Waals surface area contributed by atoms with Gasteiger partial charge in [0.05, 0.1) is 23.4 Å². The average molecular weight is 383 g/mol. The van der Waals surface area contributed by atoms with Crippen LogP contribution in [-0.4, -0.2) is 51.9 Å². The summed E-state index contributed by atoms with van der Waals surface area (Å²) in [7, 11) is -3.44. The number of carbonyl (C=O) groups excluding carboxylic acids is 1. The van der Waals surface area contributed by atoms with E-state index in [0.29, 0.717) is 18.2 Å². The van der Waals surface area contributed by atoms with Crippen LogP contribution in [0.2, 0.25) is 5.02 Å². The van der Waals surface area contributed by atoms with E-state index < -0.39 is 15.9 Å². The van der Waals surface area contributed by atoms with Crippen LogP contribution in [0.5, 0.6) is 0 Å². The zero-order valence-electron chi connectivity index (χ0n) is 12.6. The third kappa shape index (κ3) is 5.61. The second-order valence-electron chi connectivity index (χ2n) is 5.07. The Morgan fingerprint density at radius 3 is 2.65 bits per heavy atom. The molecule has 1 aromatic rings. The van der Waals surface area contributed by atoms with Crippen LogP contribution in [0.4, 0.5) is 0 Å². The van der Waals surface area contributed by atoms with Gasteiger partial charge in [-0.1, -0.05) is 11.6 Å².